The second kappa shape index (κ2) is 59.7. The van der Waals surface area contributed by atoms with Crippen molar-refractivity contribution >= 4 is 39.5 Å². The zero-order valence-corrected chi connectivity index (χ0v) is 56.5. The summed E-state index contributed by atoms with van der Waals surface area (Å²) in [5.41, 5.74) is 0. The number of hydrogen-bond donors (Lipinski definition) is 3. The molecule has 0 saturated heterocycles. The topological polar surface area (TPSA) is 237 Å². The van der Waals surface area contributed by atoms with Crippen molar-refractivity contribution in [1.82, 2.24) is 0 Å². The smallest absolute Gasteiger partial charge is 0.462 e. The third-order valence-electron chi connectivity index (χ3n) is 15.6. The molecule has 0 bridgehead atoms. The number of carbonyl (C=O) groups excluding carboxylic acids is 4. The average Bonchev–Trinajstić information content (AvgIpc) is 3.51. The van der Waals surface area contributed by atoms with Crippen LogP contribution in [0.15, 0.2) is 0 Å². The van der Waals surface area contributed by atoms with E-state index < -0.39 is 97.5 Å². The molecule has 17 nitrogen and oxygen atoms in total. The van der Waals surface area contributed by atoms with Crippen LogP contribution in [-0.4, -0.2) is 96.7 Å². The van der Waals surface area contributed by atoms with Crippen molar-refractivity contribution in [2.75, 3.05) is 39.6 Å². The van der Waals surface area contributed by atoms with Crippen LogP contribution in [0.25, 0.3) is 0 Å². The zero-order valence-electron chi connectivity index (χ0n) is 54.7. The third kappa shape index (κ3) is 59.5. The molecule has 0 aromatic rings. The highest BCUT2D eigenvalue weighted by molar-refractivity contribution is 7.47. The molecule has 6 atom stereocenters. The second-order valence-electron chi connectivity index (χ2n) is 24.1. The van der Waals surface area contributed by atoms with E-state index in [-0.39, 0.29) is 25.7 Å². The summed E-state index contributed by atoms with van der Waals surface area (Å²) in [6.45, 7) is 7.11. The largest absolute Gasteiger partial charge is 0.472 e. The summed E-state index contributed by atoms with van der Waals surface area (Å²) < 4.78 is 67.8. The Morgan fingerprint density at radius 2 is 0.565 bits per heavy atom. The molecule has 19 heteroatoms. The van der Waals surface area contributed by atoms with Gasteiger partial charge in [-0.25, -0.2) is 9.13 Å². The van der Waals surface area contributed by atoms with Gasteiger partial charge in [0.05, 0.1) is 26.4 Å². The monoisotopic (exact) mass is 1250 g/mol. The van der Waals surface area contributed by atoms with Gasteiger partial charge in [0.2, 0.25) is 0 Å². The zero-order chi connectivity index (χ0) is 62.8. The minimum Gasteiger partial charge on any atom is -0.462 e. The molecule has 0 aromatic heterocycles. The number of ether oxygens (including phenoxy) is 4. The quantitative estimate of drug-likeness (QED) is 0.0222. The van der Waals surface area contributed by atoms with E-state index in [0.717, 1.165) is 115 Å². The fraction of sp³-hybridized carbons (Fsp3) is 0.939. The number of aliphatic hydroxyl groups is 1. The first-order chi connectivity index (χ1) is 41.1. The highest BCUT2D eigenvalue weighted by Crippen LogP contribution is 2.45. The maximum absolute atomic E-state index is 13.0. The molecular weight excluding hydrogens is 1130 g/mol. The van der Waals surface area contributed by atoms with Crippen LogP contribution in [-0.2, 0) is 65.4 Å². The summed E-state index contributed by atoms with van der Waals surface area (Å²) in [5, 5.41) is 10.5. The highest BCUT2D eigenvalue weighted by Gasteiger charge is 2.30. The van der Waals surface area contributed by atoms with Gasteiger partial charge < -0.3 is 33.8 Å². The van der Waals surface area contributed by atoms with Crippen LogP contribution in [0.5, 0.6) is 0 Å². The van der Waals surface area contributed by atoms with E-state index in [0.29, 0.717) is 25.7 Å². The molecular formula is C66H128O17P2. The maximum Gasteiger partial charge on any atom is 0.472 e. The number of aliphatic hydroxyl groups excluding tert-OH is 1. The molecule has 0 amide bonds. The Morgan fingerprint density at radius 1 is 0.329 bits per heavy atom. The molecule has 0 aliphatic carbocycles. The van der Waals surface area contributed by atoms with Gasteiger partial charge in [0.25, 0.3) is 0 Å². The SMILES string of the molecule is CCCCCCCCCCCCCCCCCCCCCC(=O)O[C@H](COC(=O)CCCCCCCCCCCCC(C)CC)COP(=O)(O)OC[C@@H](O)COP(=O)(O)OC[C@@H](COC(=O)CCCCCCC)OC(=O)CCCCCCCCC. The highest BCUT2D eigenvalue weighted by atomic mass is 31.2. The first kappa shape index (κ1) is 83.1. The van der Waals surface area contributed by atoms with Crippen LogP contribution in [0.3, 0.4) is 0 Å². The van der Waals surface area contributed by atoms with E-state index in [2.05, 4.69) is 34.6 Å². The number of esters is 4. The minimum absolute atomic E-state index is 0.103. The summed E-state index contributed by atoms with van der Waals surface area (Å²) in [6.07, 6.45) is 45.0. The number of rotatable bonds is 66. The predicted molar refractivity (Wildman–Crippen MR) is 340 cm³/mol. The lowest BCUT2D eigenvalue weighted by molar-refractivity contribution is -0.161. The standard InChI is InChI=1S/C66H128O17P2/c1-6-10-13-16-18-19-20-21-22-23-24-25-26-27-28-33-37-42-47-52-66(71)83-62(56-77-64(69)50-45-40-36-32-30-29-31-35-39-43-48-59(5)9-4)58-81-85(74,75)79-54-60(67)53-78-84(72,73)80-57-61(55-76-63(68)49-44-38-15-12-8-3)82-65(70)51-46-41-34-17-14-11-7-2/h59-62,67H,6-58H2,1-5H3,(H,72,73)(H,74,75)/t59?,60-,61+,62+/m0/s1. The van der Waals surface area contributed by atoms with Gasteiger partial charge in [-0.3, -0.25) is 37.3 Å². The summed E-state index contributed by atoms with van der Waals surface area (Å²) in [4.78, 5) is 71.9. The van der Waals surface area contributed by atoms with Crippen LogP contribution in [0.1, 0.15) is 336 Å². The number of carbonyl (C=O) groups is 4. The van der Waals surface area contributed by atoms with E-state index in [1.807, 2.05) is 0 Å². The van der Waals surface area contributed by atoms with Gasteiger partial charge in [0, 0.05) is 25.7 Å². The normalized spacial score (nSPS) is 14.5. The van der Waals surface area contributed by atoms with Gasteiger partial charge in [0.1, 0.15) is 19.3 Å². The fourth-order valence-corrected chi connectivity index (χ4v) is 11.5. The van der Waals surface area contributed by atoms with Crippen molar-refractivity contribution in [1.29, 1.82) is 0 Å². The molecule has 0 aromatic carbocycles. The Balaban J connectivity index is 5.11. The van der Waals surface area contributed by atoms with Crippen LogP contribution in [0, 0.1) is 5.92 Å². The number of hydrogen-bond acceptors (Lipinski definition) is 15. The molecule has 3 unspecified atom stereocenters. The molecule has 0 radical (unpaired) electrons. The first-order valence-corrected chi connectivity index (χ1v) is 37.7. The van der Waals surface area contributed by atoms with Crippen molar-refractivity contribution in [3.8, 4) is 0 Å². The van der Waals surface area contributed by atoms with Gasteiger partial charge >= 0.3 is 39.5 Å². The number of phosphoric acid groups is 2. The third-order valence-corrected chi connectivity index (χ3v) is 17.5. The van der Waals surface area contributed by atoms with Crippen molar-refractivity contribution in [2.24, 2.45) is 5.92 Å². The van der Waals surface area contributed by atoms with Crippen LogP contribution < -0.4 is 0 Å². The molecule has 85 heavy (non-hydrogen) atoms. The number of unbranched alkanes of at least 4 members (excludes halogenated alkanes) is 37. The molecule has 0 rings (SSSR count). The first-order valence-electron chi connectivity index (χ1n) is 34.7. The molecule has 0 fully saturated rings. The van der Waals surface area contributed by atoms with Crippen LogP contribution >= 0.6 is 15.6 Å². The fourth-order valence-electron chi connectivity index (χ4n) is 9.90. The van der Waals surface area contributed by atoms with Crippen molar-refractivity contribution in [3.63, 3.8) is 0 Å². The lowest BCUT2D eigenvalue weighted by atomic mass is 9.99. The summed E-state index contributed by atoms with van der Waals surface area (Å²) in [6, 6.07) is 0. The Labute approximate surface area is 517 Å². The summed E-state index contributed by atoms with van der Waals surface area (Å²) in [7, 11) is -9.87. The molecule has 0 spiro atoms. The van der Waals surface area contributed by atoms with Crippen molar-refractivity contribution in [2.45, 2.75) is 355 Å². The molecule has 0 aliphatic rings. The predicted octanol–water partition coefficient (Wildman–Crippen LogP) is 18.6. The van der Waals surface area contributed by atoms with E-state index in [1.54, 1.807) is 0 Å². The van der Waals surface area contributed by atoms with E-state index >= 15 is 0 Å². The molecule has 0 heterocycles. The Morgan fingerprint density at radius 3 is 0.835 bits per heavy atom. The van der Waals surface area contributed by atoms with Gasteiger partial charge in [-0.2, -0.15) is 0 Å². The second-order valence-corrected chi connectivity index (χ2v) is 27.0. The lowest BCUT2D eigenvalue weighted by Gasteiger charge is -2.21. The number of phosphoric ester groups is 2. The Bertz CT molecular complexity index is 1650. The molecule has 0 saturated carbocycles. The van der Waals surface area contributed by atoms with Crippen LogP contribution in [0.4, 0.5) is 0 Å². The van der Waals surface area contributed by atoms with E-state index in [4.69, 9.17) is 37.0 Å². The van der Waals surface area contributed by atoms with Crippen molar-refractivity contribution in [3.05, 3.63) is 0 Å². The van der Waals surface area contributed by atoms with Crippen LogP contribution in [0.2, 0.25) is 0 Å². The van der Waals surface area contributed by atoms with Gasteiger partial charge in [-0.05, 0) is 31.6 Å². The molecule has 504 valence electrons. The van der Waals surface area contributed by atoms with Gasteiger partial charge in [-0.1, -0.05) is 285 Å². The van der Waals surface area contributed by atoms with E-state index in [9.17, 15) is 43.2 Å². The molecule has 3 N–H and O–H groups in total. The van der Waals surface area contributed by atoms with Crippen molar-refractivity contribution < 1.29 is 80.2 Å². The summed E-state index contributed by atoms with van der Waals surface area (Å²) >= 11 is 0. The Hall–Kier alpha value is -1.94. The summed E-state index contributed by atoms with van der Waals surface area (Å²) in [5.74, 6) is -1.34. The van der Waals surface area contributed by atoms with Gasteiger partial charge in [-0.15, -0.1) is 0 Å². The van der Waals surface area contributed by atoms with E-state index in [1.165, 1.54) is 141 Å². The average molecular weight is 1260 g/mol. The van der Waals surface area contributed by atoms with Gasteiger partial charge in [0.15, 0.2) is 12.2 Å². The maximum atomic E-state index is 13.0. The lowest BCUT2D eigenvalue weighted by Crippen LogP contribution is -2.30. The molecule has 0 aliphatic heterocycles. The minimum atomic E-state index is -4.94. The Kier molecular flexibility index (Phi) is 58.3.